The Balaban J connectivity index is 0.00000684. The molecule has 0 fully saturated rings. The van der Waals surface area contributed by atoms with Crippen molar-refractivity contribution in [2.75, 3.05) is 52.5 Å². The summed E-state index contributed by atoms with van der Waals surface area (Å²) in [5.74, 6) is 1.17. The first-order valence-corrected chi connectivity index (χ1v) is 12.7. The molecule has 0 saturated heterocycles. The fourth-order valence-corrected chi connectivity index (χ4v) is 3.64. The molecule has 0 aliphatic heterocycles. The molecule has 0 spiro atoms. The Morgan fingerprint density at radius 3 is 1.45 bits per heavy atom. The number of ether oxygens (including phenoxy) is 2. The van der Waals surface area contributed by atoms with E-state index in [9.17, 15) is 9.59 Å². The fourth-order valence-electron chi connectivity index (χ4n) is 3.64. The van der Waals surface area contributed by atoms with E-state index >= 15 is 0 Å². The van der Waals surface area contributed by atoms with Gasteiger partial charge < -0.3 is 54.7 Å². The average Bonchev–Trinajstić information content (AvgIpc) is 2.82. The minimum absolute atomic E-state index is 0. The van der Waals surface area contributed by atoms with Crippen molar-refractivity contribution in [2.24, 2.45) is 0 Å². The molecule has 2 rings (SSSR count). The first kappa shape index (κ1) is 36.3. The van der Waals surface area contributed by atoms with Gasteiger partial charge in [0.05, 0.1) is 13.2 Å². The summed E-state index contributed by atoms with van der Waals surface area (Å²) >= 11 is 0. The first-order chi connectivity index (χ1) is 17.5. The number of allylic oxidation sites excluding steroid dienone is 8. The number of carbonyl (C=O) groups is 2. The van der Waals surface area contributed by atoms with E-state index in [1.165, 1.54) is 12.2 Å². The van der Waals surface area contributed by atoms with Crippen LogP contribution in [0.5, 0.6) is 0 Å². The molecule has 0 heterocycles. The second-order valence-corrected chi connectivity index (χ2v) is 8.42. The van der Waals surface area contributed by atoms with Crippen LogP contribution in [0.1, 0.15) is 40.5 Å². The summed E-state index contributed by atoms with van der Waals surface area (Å²) in [5.41, 5.74) is 3.15. The zero-order valence-electron chi connectivity index (χ0n) is 23.0. The van der Waals surface area contributed by atoms with Crippen LogP contribution in [0.2, 0.25) is 0 Å². The van der Waals surface area contributed by atoms with E-state index < -0.39 is 0 Å². The summed E-state index contributed by atoms with van der Waals surface area (Å²) in [6.45, 7) is 13.2. The normalized spacial score (nSPS) is 17.1. The van der Waals surface area contributed by atoms with E-state index in [-0.39, 0.29) is 55.3 Å². The van der Waals surface area contributed by atoms with Gasteiger partial charge in [0.2, 0.25) is 0 Å². The van der Waals surface area contributed by atoms with Crippen LogP contribution in [0.4, 0.5) is 0 Å². The Morgan fingerprint density at radius 1 is 0.711 bits per heavy atom. The molecule has 0 unspecified atom stereocenters. The molecule has 8 nitrogen and oxygen atoms in total. The van der Waals surface area contributed by atoms with Crippen LogP contribution in [0.15, 0.2) is 70.5 Å². The number of nitrogens with one attached hydrogen (secondary N) is 2. The molecule has 38 heavy (non-hydrogen) atoms. The zero-order valence-corrected chi connectivity index (χ0v) is 27.6. The number of nitrogens with zero attached hydrogens (tertiary/aromatic N) is 2. The van der Waals surface area contributed by atoms with Crippen LogP contribution in [0, 0.1) is 0 Å². The van der Waals surface area contributed by atoms with Gasteiger partial charge in [-0.05, 0) is 51.0 Å². The summed E-state index contributed by atoms with van der Waals surface area (Å²) in [7, 11) is 0. The second-order valence-electron chi connectivity index (χ2n) is 8.42. The quantitative estimate of drug-likeness (QED) is 0.102. The molecule has 0 aromatic carbocycles. The van der Waals surface area contributed by atoms with Gasteiger partial charge in [0, 0.05) is 48.8 Å². The van der Waals surface area contributed by atoms with Crippen molar-refractivity contribution in [3.05, 3.63) is 81.1 Å². The third-order valence-electron chi connectivity index (χ3n) is 5.45. The topological polar surface area (TPSA) is 105 Å². The summed E-state index contributed by atoms with van der Waals surface area (Å²) < 4.78 is 10.8. The summed E-state index contributed by atoms with van der Waals surface area (Å²) in [4.78, 5) is 24.4. The summed E-state index contributed by atoms with van der Waals surface area (Å²) in [6, 6.07) is 0. The van der Waals surface area contributed by atoms with E-state index in [0.29, 0.717) is 35.9 Å². The van der Waals surface area contributed by atoms with Gasteiger partial charge >= 0.3 is 19.8 Å². The fraction of sp³-hybridized carbons (Fsp3) is 0.500. The van der Waals surface area contributed by atoms with E-state index in [0.717, 1.165) is 63.3 Å². The second kappa shape index (κ2) is 21.1. The first-order valence-electron chi connectivity index (χ1n) is 12.7. The van der Waals surface area contributed by atoms with E-state index in [1.54, 1.807) is 12.4 Å². The van der Waals surface area contributed by atoms with Gasteiger partial charge in [-0.1, -0.05) is 12.8 Å². The molecule has 0 aromatic heterocycles. The molecule has 0 saturated carbocycles. The largest absolute Gasteiger partial charge is 3.00 e. The van der Waals surface area contributed by atoms with Gasteiger partial charge in [0.1, 0.15) is 11.5 Å². The Hall–Kier alpha value is -1.73. The van der Waals surface area contributed by atoms with Crippen LogP contribution >= 0.6 is 0 Å². The monoisotopic (exact) mass is 690 g/mol. The van der Waals surface area contributed by atoms with Crippen LogP contribution < -0.4 is 34.6 Å². The molecule has 2 aliphatic rings. The maximum atomic E-state index is 12.2. The van der Waals surface area contributed by atoms with Crippen LogP contribution in [-0.4, -0.2) is 83.8 Å². The maximum Gasteiger partial charge on any atom is 3.00 e. The number of hydrogen-bond acceptors (Lipinski definition) is 6. The average molecular weight is 690 g/mol. The number of rotatable bonds is 17. The van der Waals surface area contributed by atoms with Gasteiger partial charge in [-0.15, -0.1) is 13.1 Å². The minimum Gasteiger partial charge on any atom is -1.00 e. The van der Waals surface area contributed by atoms with E-state index in [1.807, 2.05) is 39.8 Å². The van der Waals surface area contributed by atoms with Gasteiger partial charge in [0.15, 0.2) is 11.6 Å². The molecule has 0 aromatic rings. The van der Waals surface area contributed by atoms with Crippen molar-refractivity contribution >= 4 is 31.4 Å². The van der Waals surface area contributed by atoms with Gasteiger partial charge in [0.25, 0.3) is 0 Å². The molecule has 10 heteroatoms. The smallest absolute Gasteiger partial charge is 1.00 e. The number of hydrogen-bond donors (Lipinski definition) is 2. The third-order valence-corrected chi connectivity index (χ3v) is 5.45. The number of halogens is 1. The van der Waals surface area contributed by atoms with Crippen molar-refractivity contribution < 1.29 is 43.0 Å². The standard InChI is InChI=1S/C28H40N4O4.Ga.HI/c1-5-35-23-15-21(3)25(27(33)17-23)19-31-11-7-9-29-13-14-30-10-8-12-32-20-26-22(4)16-24(36-6-2)18-28(26)34;;/h15-20,31-32H,5-14H2,1-4H3;;1H/q-2;+3;/p-1/b25-19-,26-20+;;/i;1-3;. The zero-order chi connectivity index (χ0) is 26.2. The van der Waals surface area contributed by atoms with E-state index in [2.05, 4.69) is 21.3 Å². The van der Waals surface area contributed by atoms with Crippen molar-refractivity contribution in [3.8, 4) is 0 Å². The third kappa shape index (κ3) is 13.4. The number of ketones is 2. The predicted molar refractivity (Wildman–Crippen MR) is 150 cm³/mol. The summed E-state index contributed by atoms with van der Waals surface area (Å²) in [5, 5.41) is 15.4. The molecule has 206 valence electrons. The van der Waals surface area contributed by atoms with Crippen LogP contribution in [0.3, 0.4) is 0 Å². The molecule has 0 bridgehead atoms. The molecule has 2 aliphatic carbocycles. The minimum atomic E-state index is -0.0354. The van der Waals surface area contributed by atoms with Crippen molar-refractivity contribution in [2.45, 2.75) is 40.5 Å². The molecular weight excluding hydrogens is 650 g/mol. The van der Waals surface area contributed by atoms with Crippen LogP contribution in [-0.2, 0) is 19.1 Å². The Bertz CT molecular complexity index is 879. The molecule has 0 atom stereocenters. The molecule has 0 amide bonds. The Morgan fingerprint density at radius 2 is 1.11 bits per heavy atom. The number of carbonyl (C=O) groups excluding carboxylic acids is 2. The van der Waals surface area contributed by atoms with Gasteiger partial charge in [-0.3, -0.25) is 9.59 Å². The summed E-state index contributed by atoms with van der Waals surface area (Å²) in [6.07, 6.45) is 12.2. The van der Waals surface area contributed by atoms with Gasteiger partial charge in [-0.25, -0.2) is 0 Å². The Kier molecular flexibility index (Phi) is 20.2. The Labute approximate surface area is 258 Å². The van der Waals surface area contributed by atoms with Crippen LogP contribution in [0.25, 0.3) is 10.6 Å². The molecule has 2 N–H and O–H groups in total. The SMILES string of the molecule is CCOC1=CC(=O)/C(=C\NCCC[N-]CC[N-]CCCN/C=C2/C(=O)C=C(OCC)C=C2C)C(C)=C1.[67Ga+3].[I-]. The molecule has 0 radical (unpaired) electrons. The van der Waals surface area contributed by atoms with Crippen molar-refractivity contribution in [3.63, 3.8) is 0 Å². The van der Waals surface area contributed by atoms with Crippen molar-refractivity contribution in [1.82, 2.24) is 10.6 Å². The predicted octanol–water partition coefficient (Wildman–Crippen LogP) is 0.983. The maximum absolute atomic E-state index is 12.2. The van der Waals surface area contributed by atoms with E-state index in [4.69, 9.17) is 9.47 Å². The van der Waals surface area contributed by atoms with Crippen molar-refractivity contribution in [1.29, 1.82) is 0 Å². The van der Waals surface area contributed by atoms with Gasteiger partial charge in [-0.2, -0.15) is 13.1 Å². The molecular formula is C28H40GaIN4O4.